The number of hydrogen-bond acceptors (Lipinski definition) is 4. The van der Waals surface area contributed by atoms with Crippen molar-refractivity contribution in [2.45, 2.75) is 10.9 Å². The third-order valence-corrected chi connectivity index (χ3v) is 5.88. The lowest BCUT2D eigenvalue weighted by Crippen LogP contribution is -2.62. The topological polar surface area (TPSA) is 18.5 Å². The fourth-order valence-corrected chi connectivity index (χ4v) is 4.38. The highest BCUT2D eigenvalue weighted by Crippen LogP contribution is 2.30. The van der Waals surface area contributed by atoms with Crippen LogP contribution < -0.4 is 5.32 Å². The van der Waals surface area contributed by atoms with Crippen LogP contribution in [0.4, 0.5) is 0 Å². The Bertz CT molecular complexity index is 474. The summed E-state index contributed by atoms with van der Waals surface area (Å²) in [6, 6.07) is 6.43. The first-order chi connectivity index (χ1) is 10.2. The summed E-state index contributed by atoms with van der Waals surface area (Å²) in [5, 5.41) is 4.96. The maximum absolute atomic E-state index is 6.18. The van der Waals surface area contributed by atoms with Crippen molar-refractivity contribution in [1.29, 1.82) is 0 Å². The van der Waals surface area contributed by atoms with Gasteiger partial charge in [0.05, 0.1) is 5.02 Å². The van der Waals surface area contributed by atoms with Crippen molar-refractivity contribution in [2.75, 3.05) is 51.6 Å². The highest BCUT2D eigenvalue weighted by molar-refractivity contribution is 7.99. The fourth-order valence-electron chi connectivity index (χ4n) is 2.88. The molecule has 2 saturated heterocycles. The van der Waals surface area contributed by atoms with Crippen LogP contribution in [0.15, 0.2) is 23.1 Å². The van der Waals surface area contributed by atoms with E-state index in [0.29, 0.717) is 0 Å². The van der Waals surface area contributed by atoms with E-state index < -0.39 is 0 Å². The molecule has 0 bridgehead atoms. The Morgan fingerprint density at radius 2 is 1.95 bits per heavy atom. The molecule has 1 aromatic carbocycles. The molecule has 6 heteroatoms. The van der Waals surface area contributed by atoms with E-state index in [2.05, 4.69) is 15.1 Å². The molecule has 0 amide bonds. The largest absolute Gasteiger partial charge is 0.314 e. The second kappa shape index (κ2) is 7.53. The van der Waals surface area contributed by atoms with Crippen LogP contribution in [0.1, 0.15) is 0 Å². The van der Waals surface area contributed by atoms with Gasteiger partial charge in [-0.05, 0) is 18.2 Å². The van der Waals surface area contributed by atoms with Gasteiger partial charge in [0.15, 0.2) is 0 Å². The van der Waals surface area contributed by atoms with Crippen molar-refractivity contribution in [3.8, 4) is 0 Å². The average Bonchev–Trinajstić information content (AvgIpc) is 2.46. The van der Waals surface area contributed by atoms with Crippen LogP contribution in [0.5, 0.6) is 0 Å². The van der Waals surface area contributed by atoms with Gasteiger partial charge in [0, 0.05) is 67.5 Å². The first-order valence-corrected chi connectivity index (χ1v) is 9.21. The molecule has 0 atom stereocenters. The first-order valence-electron chi connectivity index (χ1n) is 7.47. The quantitative estimate of drug-likeness (QED) is 0.826. The van der Waals surface area contributed by atoms with Gasteiger partial charge in [0.1, 0.15) is 0 Å². The molecule has 0 spiro atoms. The maximum atomic E-state index is 6.18. The summed E-state index contributed by atoms with van der Waals surface area (Å²) >= 11 is 14.0. The predicted molar refractivity (Wildman–Crippen MR) is 91.9 cm³/mol. The van der Waals surface area contributed by atoms with E-state index in [1.807, 2.05) is 18.2 Å². The van der Waals surface area contributed by atoms with Crippen molar-refractivity contribution in [3.63, 3.8) is 0 Å². The van der Waals surface area contributed by atoms with Crippen LogP contribution in [0.2, 0.25) is 10.0 Å². The van der Waals surface area contributed by atoms with E-state index in [1.54, 1.807) is 11.8 Å². The fraction of sp³-hybridized carbons (Fsp3) is 0.600. The number of nitrogens with zero attached hydrogens (tertiary/aromatic N) is 2. The number of thioether (sulfide) groups is 1. The van der Waals surface area contributed by atoms with Gasteiger partial charge in [-0.2, -0.15) is 0 Å². The molecule has 0 aliphatic carbocycles. The number of rotatable bonds is 5. The van der Waals surface area contributed by atoms with Crippen LogP contribution in [-0.4, -0.2) is 67.4 Å². The predicted octanol–water partition coefficient (Wildman–Crippen LogP) is 2.67. The molecule has 0 radical (unpaired) electrons. The van der Waals surface area contributed by atoms with Crippen molar-refractivity contribution in [2.24, 2.45) is 0 Å². The molecule has 2 fully saturated rings. The average molecular weight is 346 g/mol. The van der Waals surface area contributed by atoms with E-state index in [0.717, 1.165) is 46.4 Å². The van der Waals surface area contributed by atoms with Gasteiger partial charge in [-0.3, -0.25) is 9.80 Å². The van der Waals surface area contributed by atoms with Gasteiger partial charge in [-0.25, -0.2) is 0 Å². The lowest BCUT2D eigenvalue weighted by molar-refractivity contribution is 0.0316. The number of nitrogens with one attached hydrogen (secondary N) is 1. The summed E-state index contributed by atoms with van der Waals surface area (Å²) in [6.07, 6.45) is 0. The number of likely N-dealkylation sites (tertiary alicyclic amines) is 1. The lowest BCUT2D eigenvalue weighted by atomic mass is 10.1. The van der Waals surface area contributed by atoms with E-state index in [4.69, 9.17) is 23.2 Å². The summed E-state index contributed by atoms with van der Waals surface area (Å²) < 4.78 is 0. The minimum absolute atomic E-state index is 0.754. The molecule has 3 rings (SSSR count). The molecule has 1 aromatic rings. The molecule has 2 aliphatic heterocycles. The molecular formula is C15H21Cl2N3S. The third-order valence-electron chi connectivity index (χ3n) is 4.16. The Morgan fingerprint density at radius 1 is 1.19 bits per heavy atom. The lowest BCUT2D eigenvalue weighted by Gasteiger charge is -2.46. The summed E-state index contributed by atoms with van der Waals surface area (Å²) in [5.41, 5.74) is 0. The van der Waals surface area contributed by atoms with Crippen molar-refractivity contribution in [1.82, 2.24) is 15.1 Å². The normalized spacial score (nSPS) is 21.4. The van der Waals surface area contributed by atoms with E-state index in [9.17, 15) is 0 Å². The zero-order valence-corrected chi connectivity index (χ0v) is 14.4. The van der Waals surface area contributed by atoms with Crippen LogP contribution in [0.25, 0.3) is 0 Å². The van der Waals surface area contributed by atoms with Crippen molar-refractivity contribution in [3.05, 3.63) is 28.2 Å². The Morgan fingerprint density at radius 3 is 2.71 bits per heavy atom. The molecule has 116 valence electrons. The number of hydrogen-bond donors (Lipinski definition) is 1. The van der Waals surface area contributed by atoms with Gasteiger partial charge in [0.2, 0.25) is 0 Å². The molecule has 0 saturated carbocycles. The standard InChI is InChI=1S/C15H21Cl2N3S/c16-12-1-2-14(17)15(9-12)21-8-7-19-10-13(11-19)20-5-3-18-4-6-20/h1-2,9,13,18H,3-8,10-11H2. The molecular weight excluding hydrogens is 325 g/mol. The summed E-state index contributed by atoms with van der Waals surface area (Å²) in [7, 11) is 0. The first kappa shape index (κ1) is 15.9. The minimum Gasteiger partial charge on any atom is -0.314 e. The minimum atomic E-state index is 0.754. The van der Waals surface area contributed by atoms with Gasteiger partial charge in [-0.15, -0.1) is 11.8 Å². The third kappa shape index (κ3) is 4.27. The molecule has 21 heavy (non-hydrogen) atoms. The monoisotopic (exact) mass is 345 g/mol. The van der Waals surface area contributed by atoms with E-state index in [1.165, 1.54) is 26.2 Å². The highest BCUT2D eigenvalue weighted by atomic mass is 35.5. The zero-order chi connectivity index (χ0) is 14.7. The van der Waals surface area contributed by atoms with E-state index >= 15 is 0 Å². The summed E-state index contributed by atoms with van der Waals surface area (Å²) in [4.78, 5) is 6.23. The van der Waals surface area contributed by atoms with Crippen LogP contribution in [-0.2, 0) is 0 Å². The van der Waals surface area contributed by atoms with Gasteiger partial charge in [-0.1, -0.05) is 23.2 Å². The Hall–Kier alpha value is 0.0300. The van der Waals surface area contributed by atoms with Gasteiger partial charge >= 0.3 is 0 Å². The van der Waals surface area contributed by atoms with Crippen LogP contribution in [0.3, 0.4) is 0 Å². The second-order valence-electron chi connectivity index (χ2n) is 5.62. The van der Waals surface area contributed by atoms with Crippen molar-refractivity contribution < 1.29 is 0 Å². The number of benzene rings is 1. The summed E-state index contributed by atoms with van der Waals surface area (Å²) in [6.45, 7) is 8.22. The number of halogens is 2. The van der Waals surface area contributed by atoms with E-state index in [-0.39, 0.29) is 0 Å². The molecule has 2 aliphatic rings. The molecule has 1 N–H and O–H groups in total. The SMILES string of the molecule is Clc1ccc(Cl)c(SCCN2CC(N3CCNCC3)C2)c1. The zero-order valence-electron chi connectivity index (χ0n) is 12.0. The van der Waals surface area contributed by atoms with Crippen LogP contribution >= 0.6 is 35.0 Å². The maximum Gasteiger partial charge on any atom is 0.0542 e. The number of piperazine rings is 1. The van der Waals surface area contributed by atoms with Gasteiger partial charge < -0.3 is 5.32 Å². The molecule has 2 heterocycles. The second-order valence-corrected chi connectivity index (χ2v) is 7.60. The molecule has 0 unspecified atom stereocenters. The molecule has 0 aromatic heterocycles. The smallest absolute Gasteiger partial charge is 0.0542 e. The van der Waals surface area contributed by atoms with Crippen molar-refractivity contribution >= 4 is 35.0 Å². The highest BCUT2D eigenvalue weighted by Gasteiger charge is 2.31. The Balaban J connectivity index is 1.36. The molecule has 3 nitrogen and oxygen atoms in total. The Kier molecular flexibility index (Phi) is 5.71. The summed E-state index contributed by atoms with van der Waals surface area (Å²) in [5.74, 6) is 1.06. The Labute approximate surface area is 141 Å². The van der Waals surface area contributed by atoms with Crippen LogP contribution in [0, 0.1) is 0 Å². The van der Waals surface area contributed by atoms with Gasteiger partial charge in [0.25, 0.3) is 0 Å².